The van der Waals surface area contributed by atoms with Crippen molar-refractivity contribution in [3.05, 3.63) is 12.2 Å². The number of carbonyl (C=O) groups is 1. The predicted molar refractivity (Wildman–Crippen MR) is 183 cm³/mol. The average Bonchev–Trinajstić information content (AvgIpc) is 3.11. The van der Waals surface area contributed by atoms with Gasteiger partial charge in [0, 0.05) is 13.0 Å². The van der Waals surface area contributed by atoms with Crippen molar-refractivity contribution >= 4 is 5.97 Å². The topological polar surface area (TPSA) is 214 Å². The van der Waals surface area contributed by atoms with Crippen LogP contribution in [0.2, 0.25) is 0 Å². The maximum absolute atomic E-state index is 12.4. The first-order chi connectivity index (χ1) is 24.1. The van der Waals surface area contributed by atoms with Gasteiger partial charge in [0.05, 0.1) is 26.4 Å². The molecule has 14 nitrogen and oxygen atoms in total. The highest BCUT2D eigenvalue weighted by Crippen LogP contribution is 2.26. The number of hydrogen-bond acceptors (Lipinski definition) is 14. The van der Waals surface area contributed by atoms with Gasteiger partial charge in [-0.1, -0.05) is 77.4 Å². The number of aliphatic hydroxyl groups excluding tert-OH is 7. The third kappa shape index (κ3) is 16.6. The van der Waals surface area contributed by atoms with Crippen LogP contribution < -0.4 is 0 Å². The molecule has 0 spiro atoms. The molecule has 11 atom stereocenters. The summed E-state index contributed by atoms with van der Waals surface area (Å²) in [5.41, 5.74) is 0. The van der Waals surface area contributed by atoms with Crippen LogP contribution in [0.4, 0.5) is 0 Å². The molecular formula is C36H66O14. The quantitative estimate of drug-likeness (QED) is 0.0367. The molecule has 11 unspecified atom stereocenters. The lowest BCUT2D eigenvalue weighted by atomic mass is 9.98. The highest BCUT2D eigenvalue weighted by molar-refractivity contribution is 5.69. The zero-order valence-corrected chi connectivity index (χ0v) is 30.1. The van der Waals surface area contributed by atoms with E-state index in [0.29, 0.717) is 13.0 Å². The summed E-state index contributed by atoms with van der Waals surface area (Å²) in [5, 5.41) is 71.1. The first-order valence-corrected chi connectivity index (χ1v) is 18.8. The molecule has 2 aliphatic rings. The molecule has 0 aliphatic carbocycles. The van der Waals surface area contributed by atoms with Crippen molar-refractivity contribution in [2.45, 2.75) is 178 Å². The molecule has 0 amide bonds. The minimum absolute atomic E-state index is 0.0558. The molecule has 2 heterocycles. The molecular weight excluding hydrogens is 656 g/mol. The van der Waals surface area contributed by atoms with E-state index in [1.165, 1.54) is 51.4 Å². The third-order valence-corrected chi connectivity index (χ3v) is 9.02. The van der Waals surface area contributed by atoms with Crippen LogP contribution in [0, 0.1) is 0 Å². The maximum atomic E-state index is 12.4. The number of unbranched alkanes of at least 4 members (excludes halogenated alkanes) is 11. The Bertz CT molecular complexity index is 891. The van der Waals surface area contributed by atoms with Crippen molar-refractivity contribution in [2.24, 2.45) is 0 Å². The SMILES string of the molecule is CCCCCC/C=C\CCCCCCCCOCC(COC1OC(COC2OC(CO)C(O)C(O)C2O)C(O)C(O)C1O)OC(=O)CCCC. The molecule has 50 heavy (non-hydrogen) atoms. The van der Waals surface area contributed by atoms with Crippen LogP contribution >= 0.6 is 0 Å². The van der Waals surface area contributed by atoms with E-state index in [4.69, 9.17) is 28.4 Å². The standard InChI is InChI=1S/C36H66O14/c1-3-5-7-8-9-10-11-12-13-14-15-16-17-18-20-45-22-25(48-28(38)19-6-4-2)23-46-35-34(44)32(42)30(40)27(50-35)24-47-36-33(43)31(41)29(39)26(21-37)49-36/h10-11,25-27,29-37,39-44H,3-9,12-24H2,1-2H3/b11-10-. The number of rotatable bonds is 27. The van der Waals surface area contributed by atoms with Crippen molar-refractivity contribution in [1.29, 1.82) is 0 Å². The number of aliphatic hydroxyl groups is 7. The smallest absolute Gasteiger partial charge is 0.306 e. The van der Waals surface area contributed by atoms with Gasteiger partial charge in [-0.3, -0.25) is 4.79 Å². The zero-order valence-electron chi connectivity index (χ0n) is 30.1. The van der Waals surface area contributed by atoms with Crippen molar-refractivity contribution < 1.29 is 69.0 Å². The largest absolute Gasteiger partial charge is 0.457 e. The fourth-order valence-corrected chi connectivity index (χ4v) is 5.78. The summed E-state index contributed by atoms with van der Waals surface area (Å²) in [6.07, 6.45) is 4.28. The summed E-state index contributed by atoms with van der Waals surface area (Å²) < 4.78 is 33.6. The fraction of sp³-hybridized carbons (Fsp3) is 0.917. The molecule has 2 fully saturated rings. The summed E-state index contributed by atoms with van der Waals surface area (Å²) in [5.74, 6) is -0.415. The van der Waals surface area contributed by atoms with Crippen molar-refractivity contribution in [2.75, 3.05) is 33.0 Å². The van der Waals surface area contributed by atoms with Gasteiger partial charge >= 0.3 is 5.97 Å². The van der Waals surface area contributed by atoms with Crippen LogP contribution in [0.3, 0.4) is 0 Å². The van der Waals surface area contributed by atoms with E-state index in [1.54, 1.807) is 0 Å². The minimum Gasteiger partial charge on any atom is -0.457 e. The van der Waals surface area contributed by atoms with Gasteiger partial charge in [0.2, 0.25) is 0 Å². The van der Waals surface area contributed by atoms with Crippen molar-refractivity contribution in [3.8, 4) is 0 Å². The maximum Gasteiger partial charge on any atom is 0.306 e. The lowest BCUT2D eigenvalue weighted by Crippen LogP contribution is -2.61. The van der Waals surface area contributed by atoms with E-state index in [-0.39, 0.29) is 19.6 Å². The summed E-state index contributed by atoms with van der Waals surface area (Å²) in [4.78, 5) is 12.4. The Morgan fingerprint density at radius 3 is 1.80 bits per heavy atom. The molecule has 0 aromatic heterocycles. The lowest BCUT2D eigenvalue weighted by molar-refractivity contribution is -0.332. The number of hydrogen-bond donors (Lipinski definition) is 7. The molecule has 0 aromatic carbocycles. The van der Waals surface area contributed by atoms with Crippen LogP contribution in [0.5, 0.6) is 0 Å². The van der Waals surface area contributed by atoms with Crippen molar-refractivity contribution in [1.82, 2.24) is 0 Å². The molecule has 2 rings (SSSR count). The molecule has 7 N–H and O–H groups in total. The average molecular weight is 723 g/mol. The first kappa shape index (κ1) is 44.9. The van der Waals surface area contributed by atoms with Crippen molar-refractivity contribution in [3.63, 3.8) is 0 Å². The molecule has 2 aliphatic heterocycles. The van der Waals surface area contributed by atoms with E-state index in [2.05, 4.69) is 19.1 Å². The molecule has 0 bridgehead atoms. The molecule has 0 radical (unpaired) electrons. The molecule has 0 saturated carbocycles. The Morgan fingerprint density at radius 1 is 0.640 bits per heavy atom. The van der Waals surface area contributed by atoms with Gasteiger partial charge in [0.15, 0.2) is 12.6 Å². The Kier molecular flexibility index (Phi) is 23.8. The van der Waals surface area contributed by atoms with Crippen LogP contribution in [0.15, 0.2) is 12.2 Å². The van der Waals surface area contributed by atoms with Gasteiger partial charge in [0.1, 0.15) is 54.9 Å². The number of carbonyl (C=O) groups excluding carboxylic acids is 1. The van der Waals surface area contributed by atoms with Gasteiger partial charge in [-0.25, -0.2) is 0 Å². The van der Waals surface area contributed by atoms with Gasteiger partial charge in [0.25, 0.3) is 0 Å². The van der Waals surface area contributed by atoms with Gasteiger partial charge in [-0.15, -0.1) is 0 Å². The first-order valence-electron chi connectivity index (χ1n) is 18.8. The molecule has 0 aromatic rings. The van der Waals surface area contributed by atoms with E-state index in [1.807, 2.05) is 6.92 Å². The molecule has 2 saturated heterocycles. The summed E-state index contributed by atoms with van der Waals surface area (Å²) in [6, 6.07) is 0. The van der Waals surface area contributed by atoms with Crippen LogP contribution in [-0.4, -0.2) is 142 Å². The van der Waals surface area contributed by atoms with E-state index in [9.17, 15) is 40.5 Å². The minimum atomic E-state index is -1.70. The van der Waals surface area contributed by atoms with E-state index < -0.39 is 86.7 Å². The monoisotopic (exact) mass is 722 g/mol. The van der Waals surface area contributed by atoms with Crippen LogP contribution in [0.25, 0.3) is 0 Å². The Balaban J connectivity index is 1.76. The second-order valence-corrected chi connectivity index (χ2v) is 13.4. The number of allylic oxidation sites excluding steroid dienone is 2. The zero-order chi connectivity index (χ0) is 36.7. The Labute approximate surface area is 297 Å². The second-order valence-electron chi connectivity index (χ2n) is 13.4. The lowest BCUT2D eigenvalue weighted by Gasteiger charge is -2.42. The second kappa shape index (κ2) is 26.5. The third-order valence-electron chi connectivity index (χ3n) is 9.02. The number of esters is 1. The highest BCUT2D eigenvalue weighted by atomic mass is 16.7. The Morgan fingerprint density at radius 2 is 1.18 bits per heavy atom. The highest BCUT2D eigenvalue weighted by Gasteiger charge is 2.47. The summed E-state index contributed by atoms with van der Waals surface area (Å²) >= 11 is 0. The van der Waals surface area contributed by atoms with E-state index in [0.717, 1.165) is 32.1 Å². The normalized spacial score (nSPS) is 30.9. The number of ether oxygens (including phenoxy) is 6. The fourth-order valence-electron chi connectivity index (χ4n) is 5.78. The Hall–Kier alpha value is -1.27. The van der Waals surface area contributed by atoms with E-state index >= 15 is 0 Å². The van der Waals surface area contributed by atoms with Gasteiger partial charge in [-0.05, 0) is 38.5 Å². The van der Waals surface area contributed by atoms with Gasteiger partial charge in [-0.2, -0.15) is 0 Å². The predicted octanol–water partition coefficient (Wildman–Crippen LogP) is 2.00. The summed E-state index contributed by atoms with van der Waals surface area (Å²) in [6.45, 7) is 3.36. The van der Waals surface area contributed by atoms with Gasteiger partial charge < -0.3 is 64.2 Å². The van der Waals surface area contributed by atoms with Crippen LogP contribution in [-0.2, 0) is 33.2 Å². The molecule has 294 valence electrons. The molecule has 14 heteroatoms. The van der Waals surface area contributed by atoms with Crippen LogP contribution in [0.1, 0.15) is 110 Å². The summed E-state index contributed by atoms with van der Waals surface area (Å²) in [7, 11) is 0.